The zero-order valence-corrected chi connectivity index (χ0v) is 21.8. The second-order valence-electron chi connectivity index (χ2n) is 8.47. The van der Waals surface area contributed by atoms with Crippen LogP contribution >= 0.6 is 34.5 Å². The molecule has 0 aliphatic rings. The number of hydrogen-bond donors (Lipinski definition) is 2. The van der Waals surface area contributed by atoms with Gasteiger partial charge in [-0.15, -0.1) is 11.3 Å². The summed E-state index contributed by atoms with van der Waals surface area (Å²) in [7, 11) is 0. The summed E-state index contributed by atoms with van der Waals surface area (Å²) in [5.74, 6) is 0.0310. The zero-order valence-electron chi connectivity index (χ0n) is 19.5. The van der Waals surface area contributed by atoms with Crippen molar-refractivity contribution in [2.75, 3.05) is 5.32 Å². The number of phenols is 1. The van der Waals surface area contributed by atoms with E-state index < -0.39 is 6.04 Å². The molecule has 1 heterocycles. The number of anilines is 1. The van der Waals surface area contributed by atoms with Gasteiger partial charge in [-0.3, -0.25) is 4.79 Å². The molecule has 3 nitrogen and oxygen atoms in total. The molecular weight excluding hydrogens is 509 g/mol. The van der Waals surface area contributed by atoms with E-state index in [0.717, 1.165) is 38.2 Å². The largest absolute Gasteiger partial charge is 0.508 e. The second-order valence-corrected chi connectivity index (χ2v) is 10.4. The Morgan fingerprint density at radius 2 is 1.64 bits per heavy atom. The van der Waals surface area contributed by atoms with Crippen molar-refractivity contribution in [3.05, 3.63) is 128 Å². The van der Waals surface area contributed by atoms with Crippen molar-refractivity contribution in [2.45, 2.75) is 19.4 Å². The van der Waals surface area contributed by atoms with Gasteiger partial charge in [0.15, 0.2) is 5.78 Å². The summed E-state index contributed by atoms with van der Waals surface area (Å²) in [4.78, 5) is 14.7. The van der Waals surface area contributed by atoms with Gasteiger partial charge in [0, 0.05) is 21.0 Å². The van der Waals surface area contributed by atoms with E-state index in [1.54, 1.807) is 18.2 Å². The summed E-state index contributed by atoms with van der Waals surface area (Å²) in [6.07, 6.45) is 0.792. The maximum Gasteiger partial charge on any atom is 0.197 e. The maximum absolute atomic E-state index is 13.6. The maximum atomic E-state index is 13.6. The van der Waals surface area contributed by atoms with Crippen LogP contribution in [-0.2, 0) is 6.42 Å². The van der Waals surface area contributed by atoms with Crippen LogP contribution in [0.25, 0.3) is 10.8 Å². The predicted octanol–water partition coefficient (Wildman–Crippen LogP) is 8.91. The topological polar surface area (TPSA) is 49.3 Å². The Bertz CT molecular complexity index is 1560. The lowest BCUT2D eigenvalue weighted by Crippen LogP contribution is -2.14. The van der Waals surface area contributed by atoms with Gasteiger partial charge in [-0.05, 0) is 59.2 Å². The van der Waals surface area contributed by atoms with Gasteiger partial charge in [0.2, 0.25) is 0 Å². The van der Waals surface area contributed by atoms with Crippen molar-refractivity contribution in [3.63, 3.8) is 0 Å². The fourth-order valence-corrected chi connectivity index (χ4v) is 5.75. The number of nitrogens with one attached hydrogen (secondary N) is 1. The number of thiophene rings is 1. The Kier molecular flexibility index (Phi) is 7.01. The molecule has 36 heavy (non-hydrogen) atoms. The number of hydrogen-bond acceptors (Lipinski definition) is 4. The number of carbonyl (C=O) groups excluding carboxylic acids is 1. The average Bonchev–Trinajstić information content (AvgIpc) is 3.31. The first-order valence-corrected chi connectivity index (χ1v) is 13.2. The number of phenolic OH excluding ortho intramolecular Hbond substituents is 1. The molecule has 0 bridgehead atoms. The molecule has 6 heteroatoms. The van der Waals surface area contributed by atoms with Crippen molar-refractivity contribution < 1.29 is 9.90 Å². The molecule has 2 N–H and O–H groups in total. The molecule has 0 aliphatic carbocycles. The first kappa shape index (κ1) is 24.4. The molecular formula is C30H23Cl2NO2S. The van der Waals surface area contributed by atoms with E-state index in [-0.39, 0.29) is 11.5 Å². The van der Waals surface area contributed by atoms with Crippen LogP contribution in [-0.4, -0.2) is 10.9 Å². The van der Waals surface area contributed by atoms with Crippen LogP contribution in [0.15, 0.2) is 91.0 Å². The second kappa shape index (κ2) is 10.4. The first-order valence-electron chi connectivity index (χ1n) is 11.6. The minimum Gasteiger partial charge on any atom is -0.508 e. The van der Waals surface area contributed by atoms with Gasteiger partial charge < -0.3 is 10.4 Å². The molecule has 0 saturated heterocycles. The standard InChI is InChI=1S/C30H23Cl2NO2S/c1-2-21-17-24(29(35)23-9-5-6-10-25(23)32)30(36-21)33-28(19-11-14-20(31)15-12-19)27-22-8-4-3-7-18(22)13-16-26(27)34/h3-17,28,33-34H,2H2,1H3. The lowest BCUT2D eigenvalue weighted by Gasteiger charge is -2.23. The SMILES string of the molecule is CCc1cc(C(=O)c2ccccc2Cl)c(NC(c2ccc(Cl)cc2)c2c(O)ccc3ccccc23)s1. The summed E-state index contributed by atoms with van der Waals surface area (Å²) in [5, 5.41) is 18.4. The highest BCUT2D eigenvalue weighted by Gasteiger charge is 2.25. The highest BCUT2D eigenvalue weighted by Crippen LogP contribution is 2.41. The van der Waals surface area contributed by atoms with E-state index >= 15 is 0 Å². The Hall–Kier alpha value is -3.31. The number of carbonyl (C=O) groups is 1. The molecule has 0 radical (unpaired) electrons. The summed E-state index contributed by atoms with van der Waals surface area (Å²) >= 11 is 14.1. The van der Waals surface area contributed by atoms with Crippen molar-refractivity contribution in [3.8, 4) is 5.75 Å². The fraction of sp³-hybridized carbons (Fsp3) is 0.100. The third kappa shape index (κ3) is 4.72. The van der Waals surface area contributed by atoms with Crippen molar-refractivity contribution in [2.24, 2.45) is 0 Å². The predicted molar refractivity (Wildman–Crippen MR) is 151 cm³/mol. The number of halogens is 2. The molecule has 0 saturated carbocycles. The monoisotopic (exact) mass is 531 g/mol. The van der Waals surface area contributed by atoms with Crippen LogP contribution in [0.2, 0.25) is 10.0 Å². The van der Waals surface area contributed by atoms with Gasteiger partial charge in [0.05, 0.1) is 16.6 Å². The molecule has 180 valence electrons. The average molecular weight is 532 g/mol. The van der Waals surface area contributed by atoms with Gasteiger partial charge in [-0.1, -0.05) is 84.7 Å². The van der Waals surface area contributed by atoms with E-state index in [1.807, 2.05) is 72.8 Å². The number of aryl methyl sites for hydroxylation is 1. The highest BCUT2D eigenvalue weighted by atomic mass is 35.5. The lowest BCUT2D eigenvalue weighted by molar-refractivity contribution is 0.104. The van der Waals surface area contributed by atoms with Crippen molar-refractivity contribution in [1.29, 1.82) is 0 Å². The first-order chi connectivity index (χ1) is 17.5. The van der Waals surface area contributed by atoms with E-state index in [2.05, 4.69) is 12.2 Å². The lowest BCUT2D eigenvalue weighted by atomic mass is 9.92. The molecule has 1 aromatic heterocycles. The molecule has 0 amide bonds. The van der Waals surface area contributed by atoms with Gasteiger partial charge >= 0.3 is 0 Å². The molecule has 0 spiro atoms. The Labute approximate surface area is 223 Å². The molecule has 0 fully saturated rings. The normalized spacial score (nSPS) is 12.0. The minimum absolute atomic E-state index is 0.143. The molecule has 5 aromatic rings. The van der Waals surface area contributed by atoms with E-state index in [9.17, 15) is 9.90 Å². The number of ketones is 1. The smallest absolute Gasteiger partial charge is 0.197 e. The summed E-state index contributed by atoms with van der Waals surface area (Å²) in [5.41, 5.74) is 2.66. The van der Waals surface area contributed by atoms with Crippen LogP contribution in [0.1, 0.15) is 44.9 Å². The van der Waals surface area contributed by atoms with Crippen LogP contribution in [0.4, 0.5) is 5.00 Å². The van der Waals surface area contributed by atoms with Crippen LogP contribution in [0.3, 0.4) is 0 Å². The fourth-order valence-electron chi connectivity index (χ4n) is 4.38. The van der Waals surface area contributed by atoms with E-state index in [0.29, 0.717) is 21.2 Å². The number of fused-ring (bicyclic) bond motifs is 1. The minimum atomic E-state index is -0.436. The Morgan fingerprint density at radius 3 is 2.39 bits per heavy atom. The van der Waals surface area contributed by atoms with Crippen LogP contribution in [0, 0.1) is 0 Å². The third-order valence-electron chi connectivity index (χ3n) is 6.21. The summed E-state index contributed by atoms with van der Waals surface area (Å²) in [6, 6.07) is 27.7. The molecule has 4 aromatic carbocycles. The number of rotatable bonds is 7. The quantitative estimate of drug-likeness (QED) is 0.206. The molecule has 0 aliphatic heterocycles. The van der Waals surface area contributed by atoms with Crippen molar-refractivity contribution >= 4 is 56.1 Å². The molecule has 1 atom stereocenters. The zero-order chi connectivity index (χ0) is 25.2. The highest BCUT2D eigenvalue weighted by molar-refractivity contribution is 7.16. The van der Waals surface area contributed by atoms with Gasteiger partial charge in [-0.2, -0.15) is 0 Å². The van der Waals surface area contributed by atoms with Crippen LogP contribution in [0.5, 0.6) is 5.75 Å². The molecule has 5 rings (SSSR count). The van der Waals surface area contributed by atoms with Crippen molar-refractivity contribution in [1.82, 2.24) is 0 Å². The Balaban J connectivity index is 1.67. The van der Waals surface area contributed by atoms with E-state index in [1.165, 1.54) is 11.3 Å². The van der Waals surface area contributed by atoms with Gasteiger partial charge in [0.1, 0.15) is 10.8 Å². The molecule has 1 unspecified atom stereocenters. The van der Waals surface area contributed by atoms with Crippen LogP contribution < -0.4 is 5.32 Å². The van der Waals surface area contributed by atoms with Gasteiger partial charge in [-0.25, -0.2) is 0 Å². The van der Waals surface area contributed by atoms with E-state index in [4.69, 9.17) is 23.2 Å². The third-order valence-corrected chi connectivity index (χ3v) is 8.00. The number of aromatic hydroxyl groups is 1. The summed E-state index contributed by atoms with van der Waals surface area (Å²) in [6.45, 7) is 2.06. The van der Waals surface area contributed by atoms with Gasteiger partial charge in [0.25, 0.3) is 0 Å². The Morgan fingerprint density at radius 1 is 0.917 bits per heavy atom. The number of benzene rings is 4. The summed E-state index contributed by atoms with van der Waals surface area (Å²) < 4.78 is 0.